The molecule has 63 valence electrons. The molecule has 0 amide bonds. The van der Waals surface area contributed by atoms with Crippen molar-refractivity contribution in [3.05, 3.63) is 39.9 Å². The fourth-order valence-electron chi connectivity index (χ4n) is 0.812. The Morgan fingerprint density at radius 2 is 2.08 bits per heavy atom. The molecule has 0 bridgehead atoms. The minimum atomic E-state index is -0.237. The van der Waals surface area contributed by atoms with Gasteiger partial charge in [0.05, 0.1) is 0 Å². The van der Waals surface area contributed by atoms with Crippen LogP contribution in [0, 0.1) is 0 Å². The monoisotopic (exact) mass is 201 g/mol. The van der Waals surface area contributed by atoms with Gasteiger partial charge in [0.2, 0.25) is 0 Å². The van der Waals surface area contributed by atoms with Gasteiger partial charge in [-0.15, -0.1) is 0 Å². The highest BCUT2D eigenvalue weighted by Gasteiger charge is 1.96. The Kier molecular flexibility index (Phi) is 3.60. The van der Waals surface area contributed by atoms with Gasteiger partial charge >= 0.3 is 0 Å². The molecule has 1 radical (unpaired) electrons. The van der Waals surface area contributed by atoms with Gasteiger partial charge in [-0.1, -0.05) is 41.4 Å². The quantitative estimate of drug-likeness (QED) is 0.699. The second-order valence-corrected chi connectivity index (χ2v) is 3.08. The number of benzene rings is 1. The van der Waals surface area contributed by atoms with Crippen LogP contribution in [-0.4, -0.2) is 6.61 Å². The Labute approximate surface area is 81.2 Å². The first-order valence-electron chi connectivity index (χ1n) is 3.43. The van der Waals surface area contributed by atoms with Gasteiger partial charge in [-0.25, -0.2) is 5.11 Å². The zero-order chi connectivity index (χ0) is 8.97. The van der Waals surface area contributed by atoms with Crippen molar-refractivity contribution >= 4 is 29.3 Å². The summed E-state index contributed by atoms with van der Waals surface area (Å²) in [5.74, 6) is 0. The summed E-state index contributed by atoms with van der Waals surface area (Å²) in [7, 11) is 0. The largest absolute Gasteiger partial charge is 0.232 e. The molecular formula is C9H7Cl2O. The predicted molar refractivity (Wildman–Crippen MR) is 51.0 cm³/mol. The van der Waals surface area contributed by atoms with Gasteiger partial charge in [-0.2, -0.15) is 0 Å². The van der Waals surface area contributed by atoms with Crippen LogP contribution in [-0.2, 0) is 5.11 Å². The lowest BCUT2D eigenvalue weighted by Crippen LogP contribution is -1.76. The Morgan fingerprint density at radius 3 is 2.67 bits per heavy atom. The Bertz CT molecular complexity index is 295. The van der Waals surface area contributed by atoms with Crippen molar-refractivity contribution in [3.63, 3.8) is 0 Å². The second-order valence-electron chi connectivity index (χ2n) is 2.23. The number of halogens is 2. The highest BCUT2D eigenvalue weighted by Crippen LogP contribution is 2.21. The lowest BCUT2D eigenvalue weighted by Gasteiger charge is -1.97. The van der Waals surface area contributed by atoms with E-state index in [0.29, 0.717) is 10.0 Å². The topological polar surface area (TPSA) is 19.9 Å². The van der Waals surface area contributed by atoms with Crippen LogP contribution in [0.2, 0.25) is 10.0 Å². The summed E-state index contributed by atoms with van der Waals surface area (Å²) in [6.07, 6.45) is 3.20. The molecule has 0 N–H and O–H groups in total. The molecule has 0 atom stereocenters. The Morgan fingerprint density at radius 1 is 1.33 bits per heavy atom. The molecule has 0 aliphatic heterocycles. The second kappa shape index (κ2) is 4.51. The van der Waals surface area contributed by atoms with Crippen LogP contribution in [0.4, 0.5) is 0 Å². The van der Waals surface area contributed by atoms with Gasteiger partial charge in [0.25, 0.3) is 0 Å². The van der Waals surface area contributed by atoms with Crippen molar-refractivity contribution in [2.45, 2.75) is 0 Å². The van der Waals surface area contributed by atoms with Gasteiger partial charge < -0.3 is 0 Å². The fourth-order valence-corrected chi connectivity index (χ4v) is 1.28. The Hall–Kier alpha value is -0.500. The van der Waals surface area contributed by atoms with E-state index >= 15 is 0 Å². The van der Waals surface area contributed by atoms with Gasteiger partial charge in [-0.3, -0.25) is 0 Å². The molecule has 3 heteroatoms. The van der Waals surface area contributed by atoms with E-state index in [0.717, 1.165) is 5.56 Å². The van der Waals surface area contributed by atoms with Crippen molar-refractivity contribution in [2.24, 2.45) is 0 Å². The summed E-state index contributed by atoms with van der Waals surface area (Å²) < 4.78 is 0. The molecular weight excluding hydrogens is 195 g/mol. The van der Waals surface area contributed by atoms with E-state index in [1.54, 1.807) is 24.3 Å². The molecule has 0 spiro atoms. The average Bonchev–Trinajstić information content (AvgIpc) is 2.03. The molecule has 0 heterocycles. The lowest BCUT2D eigenvalue weighted by molar-refractivity contribution is 0.233. The maximum atomic E-state index is 10.1. The van der Waals surface area contributed by atoms with Crippen LogP contribution < -0.4 is 0 Å². The van der Waals surface area contributed by atoms with Gasteiger partial charge in [0, 0.05) is 10.0 Å². The predicted octanol–water partition coefficient (Wildman–Crippen LogP) is 3.44. The van der Waals surface area contributed by atoms with Crippen molar-refractivity contribution in [1.29, 1.82) is 0 Å². The molecule has 0 aromatic heterocycles. The molecule has 1 aromatic carbocycles. The smallest absolute Gasteiger partial charge is 0.101 e. The molecule has 0 saturated heterocycles. The third-order valence-corrected chi connectivity index (χ3v) is 1.92. The maximum absolute atomic E-state index is 10.1. The van der Waals surface area contributed by atoms with Gasteiger partial charge in [0.15, 0.2) is 0 Å². The lowest BCUT2D eigenvalue weighted by atomic mass is 10.2. The van der Waals surface area contributed by atoms with Gasteiger partial charge in [-0.05, 0) is 17.7 Å². The molecule has 12 heavy (non-hydrogen) atoms. The first-order valence-corrected chi connectivity index (χ1v) is 4.19. The van der Waals surface area contributed by atoms with Crippen molar-refractivity contribution in [3.8, 4) is 0 Å². The summed E-state index contributed by atoms with van der Waals surface area (Å²) in [5.41, 5.74) is 0.817. The van der Waals surface area contributed by atoms with E-state index in [2.05, 4.69) is 0 Å². The third kappa shape index (κ3) is 2.52. The first-order chi connectivity index (χ1) is 5.74. The summed E-state index contributed by atoms with van der Waals surface area (Å²) >= 11 is 11.5. The van der Waals surface area contributed by atoms with E-state index in [1.807, 2.05) is 0 Å². The van der Waals surface area contributed by atoms with Gasteiger partial charge in [0.1, 0.15) is 6.61 Å². The zero-order valence-electron chi connectivity index (χ0n) is 6.26. The SMILES string of the molecule is [O]CC=Cc1ccc(Cl)cc1Cl. The van der Waals surface area contributed by atoms with Crippen LogP contribution in [0.3, 0.4) is 0 Å². The highest BCUT2D eigenvalue weighted by molar-refractivity contribution is 6.35. The van der Waals surface area contributed by atoms with Crippen LogP contribution in [0.25, 0.3) is 6.08 Å². The van der Waals surface area contributed by atoms with E-state index in [1.165, 1.54) is 6.08 Å². The average molecular weight is 202 g/mol. The molecule has 1 nitrogen and oxygen atoms in total. The van der Waals surface area contributed by atoms with Crippen LogP contribution >= 0.6 is 23.2 Å². The number of rotatable bonds is 2. The van der Waals surface area contributed by atoms with E-state index in [9.17, 15) is 5.11 Å². The molecule has 0 saturated carbocycles. The van der Waals surface area contributed by atoms with Crippen molar-refractivity contribution < 1.29 is 5.11 Å². The minimum Gasteiger partial charge on any atom is -0.232 e. The normalized spacial score (nSPS) is 10.9. The van der Waals surface area contributed by atoms with Crippen molar-refractivity contribution in [1.82, 2.24) is 0 Å². The molecule has 0 aliphatic rings. The maximum Gasteiger partial charge on any atom is 0.101 e. The van der Waals surface area contributed by atoms with Crippen molar-refractivity contribution in [2.75, 3.05) is 6.61 Å². The molecule has 0 unspecified atom stereocenters. The van der Waals surface area contributed by atoms with E-state index in [-0.39, 0.29) is 6.61 Å². The van der Waals surface area contributed by atoms with Crippen LogP contribution in [0.5, 0.6) is 0 Å². The highest BCUT2D eigenvalue weighted by atomic mass is 35.5. The summed E-state index contributed by atoms with van der Waals surface area (Å²) in [5, 5.41) is 11.3. The molecule has 0 fully saturated rings. The molecule has 1 aromatic rings. The summed E-state index contributed by atoms with van der Waals surface area (Å²) in [6, 6.07) is 5.16. The van der Waals surface area contributed by atoms with E-state index < -0.39 is 0 Å². The first kappa shape index (κ1) is 9.59. The standard InChI is InChI=1S/C9H7Cl2O/c10-8-4-3-7(2-1-5-12)9(11)6-8/h1-4,6H,5H2. The van der Waals surface area contributed by atoms with Crippen LogP contribution in [0.1, 0.15) is 5.56 Å². The molecule has 0 aliphatic carbocycles. The van der Waals surface area contributed by atoms with Crippen LogP contribution in [0.15, 0.2) is 24.3 Å². The zero-order valence-corrected chi connectivity index (χ0v) is 7.77. The molecule has 1 rings (SSSR count). The minimum absolute atomic E-state index is 0.237. The summed E-state index contributed by atoms with van der Waals surface area (Å²) in [4.78, 5) is 0. The Balaban J connectivity index is 2.94. The van der Waals surface area contributed by atoms with E-state index in [4.69, 9.17) is 23.2 Å². The summed E-state index contributed by atoms with van der Waals surface area (Å²) in [6.45, 7) is -0.237. The number of hydrogen-bond donors (Lipinski definition) is 0. The fraction of sp³-hybridized carbons (Fsp3) is 0.111. The third-order valence-electron chi connectivity index (χ3n) is 1.36. The number of hydrogen-bond acceptors (Lipinski definition) is 0.